The van der Waals surface area contributed by atoms with Crippen LogP contribution in [0.25, 0.3) is 0 Å². The Morgan fingerprint density at radius 2 is 1.22 bits per heavy atom. The fraction of sp³-hybridized carbons (Fsp3) is 0.410. The van der Waals surface area contributed by atoms with Crippen molar-refractivity contribution in [3.8, 4) is 0 Å². The Morgan fingerprint density at radius 3 is 1.59 bits per heavy atom. The van der Waals surface area contributed by atoms with Gasteiger partial charge in [-0.2, -0.15) is 13.2 Å². The number of alkyl halides is 3. The van der Waals surface area contributed by atoms with E-state index in [1.807, 2.05) is 4.90 Å². The van der Waals surface area contributed by atoms with Gasteiger partial charge < -0.3 is 34.4 Å². The molecule has 0 bridgehead atoms. The monoisotopic (exact) mass is 757 g/mol. The number of carbonyl (C=O) groups excluding carboxylic acids is 3. The molecule has 1 unspecified atom stereocenters. The summed E-state index contributed by atoms with van der Waals surface area (Å²) >= 11 is 0. The molecule has 0 aromatic heterocycles. The summed E-state index contributed by atoms with van der Waals surface area (Å²) < 4.78 is 47.7. The van der Waals surface area contributed by atoms with Crippen molar-refractivity contribution >= 4 is 29.9 Å². The molecule has 0 aliphatic carbocycles. The van der Waals surface area contributed by atoms with E-state index in [4.69, 9.17) is 9.47 Å². The van der Waals surface area contributed by atoms with Crippen molar-refractivity contribution in [2.75, 3.05) is 40.3 Å². The number of carbonyl (C=O) groups is 5. The summed E-state index contributed by atoms with van der Waals surface area (Å²) in [5, 5.41) is 18.5. The number of halogens is 3. The topological polar surface area (TPSA) is 154 Å². The second-order valence-electron chi connectivity index (χ2n) is 13.0. The predicted molar refractivity (Wildman–Crippen MR) is 192 cm³/mol. The zero-order chi connectivity index (χ0) is 40.0. The summed E-state index contributed by atoms with van der Waals surface area (Å²) in [6, 6.07) is 20.6. The van der Waals surface area contributed by atoms with Gasteiger partial charge in [-0.25, -0.2) is 24.0 Å². The van der Waals surface area contributed by atoms with Gasteiger partial charge in [0.1, 0.15) is 0 Å². The first kappa shape index (κ1) is 43.0. The number of hydrogen-bond acceptors (Lipinski definition) is 8. The van der Waals surface area contributed by atoms with Gasteiger partial charge in [0.15, 0.2) is 0 Å². The number of likely N-dealkylation sites (tertiary alicyclic amines) is 1. The highest BCUT2D eigenvalue weighted by Gasteiger charge is 2.41. The summed E-state index contributed by atoms with van der Waals surface area (Å²) in [6.45, 7) is 7.68. The van der Waals surface area contributed by atoms with Gasteiger partial charge in [-0.15, -0.1) is 0 Å². The first-order valence-corrected chi connectivity index (χ1v) is 17.4. The highest BCUT2D eigenvalue weighted by atomic mass is 19.4. The molecule has 2 N–H and O–H groups in total. The molecule has 3 atom stereocenters. The van der Waals surface area contributed by atoms with Crippen LogP contribution in [0.1, 0.15) is 58.5 Å². The number of esters is 2. The van der Waals surface area contributed by atoms with Gasteiger partial charge in [-0.05, 0) is 80.6 Å². The molecule has 0 radical (unpaired) electrons. The second-order valence-corrected chi connectivity index (χ2v) is 13.0. The lowest BCUT2D eigenvalue weighted by molar-refractivity contribution is -0.166. The lowest BCUT2D eigenvalue weighted by atomic mass is 9.95. The maximum atomic E-state index is 12.7. The molecular formula is C39H46F3N3O9. The molecule has 1 aliphatic heterocycles. The van der Waals surface area contributed by atoms with Gasteiger partial charge in [0.2, 0.25) is 12.2 Å². The van der Waals surface area contributed by atoms with Gasteiger partial charge in [0.05, 0.1) is 16.7 Å². The number of likely N-dealkylation sites (N-methyl/N-ethyl adjacent to an activating group) is 1. The van der Waals surface area contributed by atoms with Gasteiger partial charge in [-0.3, -0.25) is 0 Å². The molecule has 12 nitrogen and oxygen atoms in total. The number of carboxylic acids is 2. The molecule has 3 aromatic carbocycles. The SMILES string of the molecule is CCN(CC1CCN(C(=O)N(C)C)CC1)C(C)Cc1ccc(C(F)(F)F)cc1.O=C(O[C@@H](C(=O)O)[C@@H](OC(=O)c1ccccc1)C(=O)O)c1ccccc1. The molecule has 2 amide bonds. The number of ether oxygens (including phenoxy) is 2. The van der Waals surface area contributed by atoms with Crippen molar-refractivity contribution < 1.29 is 56.8 Å². The van der Waals surface area contributed by atoms with E-state index in [2.05, 4.69) is 18.7 Å². The maximum absolute atomic E-state index is 12.7. The van der Waals surface area contributed by atoms with Gasteiger partial charge in [0, 0.05) is 39.8 Å². The molecule has 0 saturated carbocycles. The van der Waals surface area contributed by atoms with E-state index in [-0.39, 0.29) is 23.2 Å². The van der Waals surface area contributed by atoms with Gasteiger partial charge in [0.25, 0.3) is 0 Å². The number of amides is 2. The van der Waals surface area contributed by atoms with Crippen LogP contribution < -0.4 is 0 Å². The van der Waals surface area contributed by atoms with E-state index in [0.717, 1.165) is 63.1 Å². The number of benzene rings is 3. The summed E-state index contributed by atoms with van der Waals surface area (Å²) in [5.74, 6) is -5.09. The molecule has 1 aliphatic rings. The quantitative estimate of drug-likeness (QED) is 0.200. The molecule has 1 fully saturated rings. The maximum Gasteiger partial charge on any atom is 0.416 e. The Bertz CT molecular complexity index is 1610. The van der Waals surface area contributed by atoms with E-state index >= 15 is 0 Å². The van der Waals surface area contributed by atoms with E-state index < -0.39 is 47.8 Å². The normalized spacial score (nSPS) is 14.9. The highest BCUT2D eigenvalue weighted by Crippen LogP contribution is 2.29. The third-order valence-electron chi connectivity index (χ3n) is 8.85. The fourth-order valence-corrected chi connectivity index (χ4v) is 5.84. The Hall–Kier alpha value is -5.44. The molecule has 15 heteroatoms. The van der Waals surface area contributed by atoms with Crippen LogP contribution in [0.4, 0.5) is 18.0 Å². The number of rotatable bonds is 13. The van der Waals surface area contributed by atoms with E-state index in [1.165, 1.54) is 48.5 Å². The van der Waals surface area contributed by atoms with Crippen LogP contribution in [-0.4, -0.2) is 113 Å². The Balaban J connectivity index is 0.000000291. The Labute approximate surface area is 312 Å². The summed E-state index contributed by atoms with van der Waals surface area (Å²) in [4.78, 5) is 64.8. The third-order valence-corrected chi connectivity index (χ3v) is 8.85. The lowest BCUT2D eigenvalue weighted by Gasteiger charge is -2.37. The molecule has 4 rings (SSSR count). The van der Waals surface area contributed by atoms with E-state index in [1.54, 1.807) is 43.3 Å². The summed E-state index contributed by atoms with van der Waals surface area (Å²) in [7, 11) is 3.55. The Morgan fingerprint density at radius 1 is 0.778 bits per heavy atom. The largest absolute Gasteiger partial charge is 0.478 e. The second kappa shape index (κ2) is 20.1. The molecule has 292 valence electrons. The molecule has 0 spiro atoms. The number of urea groups is 1. The first-order chi connectivity index (χ1) is 25.5. The smallest absolute Gasteiger partial charge is 0.416 e. The minimum atomic E-state index is -4.29. The number of nitrogens with zero attached hydrogens (tertiary/aromatic N) is 3. The predicted octanol–water partition coefficient (Wildman–Crippen LogP) is 5.96. The summed E-state index contributed by atoms with van der Waals surface area (Å²) in [5.41, 5.74) is 0.371. The zero-order valence-electron chi connectivity index (χ0n) is 30.6. The first-order valence-electron chi connectivity index (χ1n) is 17.4. The Kier molecular flexibility index (Phi) is 16.0. The molecule has 1 heterocycles. The van der Waals surface area contributed by atoms with Crippen molar-refractivity contribution in [2.24, 2.45) is 5.92 Å². The lowest BCUT2D eigenvalue weighted by Crippen LogP contribution is -2.46. The highest BCUT2D eigenvalue weighted by molar-refractivity contribution is 5.95. The van der Waals surface area contributed by atoms with Crippen LogP contribution in [0.3, 0.4) is 0 Å². The van der Waals surface area contributed by atoms with Gasteiger partial charge >= 0.3 is 36.1 Å². The van der Waals surface area contributed by atoms with Crippen LogP contribution in [0.15, 0.2) is 84.9 Å². The molecule has 1 saturated heterocycles. The number of carboxylic acid groups (broad SMARTS) is 2. The van der Waals surface area contributed by atoms with Crippen LogP contribution in [0, 0.1) is 5.92 Å². The van der Waals surface area contributed by atoms with Crippen molar-refractivity contribution in [3.63, 3.8) is 0 Å². The minimum absolute atomic E-state index is 0.0253. The van der Waals surface area contributed by atoms with Gasteiger partial charge in [-0.1, -0.05) is 55.5 Å². The van der Waals surface area contributed by atoms with E-state index in [9.17, 15) is 47.4 Å². The van der Waals surface area contributed by atoms with Crippen LogP contribution >= 0.6 is 0 Å². The average Bonchev–Trinajstić information content (AvgIpc) is 3.15. The molecular weight excluding hydrogens is 711 g/mol. The number of aliphatic carboxylic acids is 2. The van der Waals surface area contributed by atoms with Crippen molar-refractivity contribution in [1.82, 2.24) is 14.7 Å². The minimum Gasteiger partial charge on any atom is -0.478 e. The zero-order valence-corrected chi connectivity index (χ0v) is 30.6. The van der Waals surface area contributed by atoms with Crippen LogP contribution in [0.2, 0.25) is 0 Å². The fourth-order valence-electron chi connectivity index (χ4n) is 5.84. The average molecular weight is 758 g/mol. The molecule has 3 aromatic rings. The van der Waals surface area contributed by atoms with Crippen molar-refractivity contribution in [3.05, 3.63) is 107 Å². The van der Waals surface area contributed by atoms with Crippen molar-refractivity contribution in [1.29, 1.82) is 0 Å². The third kappa shape index (κ3) is 12.9. The van der Waals surface area contributed by atoms with Crippen LogP contribution in [0.5, 0.6) is 0 Å². The van der Waals surface area contributed by atoms with E-state index in [0.29, 0.717) is 5.92 Å². The summed E-state index contributed by atoms with van der Waals surface area (Å²) in [6.07, 6.45) is -6.01. The molecule has 54 heavy (non-hydrogen) atoms. The van der Waals surface area contributed by atoms with Crippen molar-refractivity contribution in [2.45, 2.75) is 57.5 Å². The standard InChI is InChI=1S/C21H32F3N3O.C18H14O8/c1-5-26(15-18-10-12-27(13-11-18)20(28)25(3)4)16(2)14-17-6-8-19(9-7-17)21(22,23)24;19-15(20)13(25-17(23)11-7-3-1-4-8-11)14(16(21)22)26-18(24)12-9-5-2-6-10-12/h6-9,16,18H,5,10-15H2,1-4H3;1-10,13-14H,(H,19,20)(H,21,22)/t;13-,14-/m.1/s1. The number of hydrogen-bond donors (Lipinski definition) is 2. The number of piperidine rings is 1. The van der Waals surface area contributed by atoms with Crippen LogP contribution in [-0.2, 0) is 31.7 Å².